The van der Waals surface area contributed by atoms with Crippen LogP contribution >= 0.6 is 0 Å². The molecular weight excluding hydrogens is 857 g/mol. The Labute approximate surface area is 247 Å². The van der Waals surface area contributed by atoms with Crippen LogP contribution in [0.4, 0.5) is 0 Å². The van der Waals surface area contributed by atoms with Gasteiger partial charge >= 0.3 is 115 Å². The van der Waals surface area contributed by atoms with E-state index in [4.69, 9.17) is 105 Å². The molecule has 32 heteroatoms. The van der Waals surface area contributed by atoms with Gasteiger partial charge in [0, 0.05) is 31.2 Å². The Morgan fingerprint density at radius 1 is 0.312 bits per heavy atom. The van der Waals surface area contributed by atoms with E-state index in [-0.39, 0.29) is 83.5 Å². The monoisotopic (exact) mass is 862 g/mol. The van der Waals surface area contributed by atoms with Crippen molar-refractivity contribution in [2.24, 2.45) is 0 Å². The molecule has 0 aliphatic carbocycles. The Kier molecular flexibility index (Phi) is 40.0. The van der Waals surface area contributed by atoms with Crippen molar-refractivity contribution in [2.45, 2.75) is 0 Å². The van der Waals surface area contributed by atoms with Gasteiger partial charge in [-0.3, -0.25) is 52.6 Å². The average molecular weight is 863 g/mol. The molecule has 194 valence electrons. The fourth-order valence-electron chi connectivity index (χ4n) is 0. The Balaban J connectivity index is -0.0000000356. The second kappa shape index (κ2) is 23.4. The summed E-state index contributed by atoms with van der Waals surface area (Å²) in [5, 5.41) is 0. The normalized spacial score (nSPS) is 10.9. The van der Waals surface area contributed by atoms with Crippen molar-refractivity contribution in [3.05, 3.63) is 0 Å². The van der Waals surface area contributed by atoms with Crippen LogP contribution in [0.15, 0.2) is 0 Å². The molecular formula is H6Ce2O24S6. The first kappa shape index (κ1) is 54.8. The first-order valence-electron chi connectivity index (χ1n) is 4.10. The zero-order valence-corrected chi connectivity index (χ0v) is 24.7. The maximum absolute atomic E-state index is 8.74. The van der Waals surface area contributed by atoms with E-state index in [2.05, 4.69) is 0 Å². The third kappa shape index (κ3) is 7880. The molecule has 0 fully saturated rings. The molecule has 2 radical (unpaired) electrons. The molecule has 0 aromatic heterocycles. The molecule has 0 rings (SSSR count). The summed E-state index contributed by atoms with van der Waals surface area (Å²) in [6, 6.07) is 0. The molecule has 6 N–H and O–H groups in total. The summed E-state index contributed by atoms with van der Waals surface area (Å²) >= 11 is 0. The van der Waals surface area contributed by atoms with E-state index >= 15 is 0 Å². The second-order valence-corrected chi connectivity index (χ2v) is 7.70. The standard InChI is InChI=1S/2Ce.6H2O4S/c;;6*1-5(2,3)4/h;;6*(H2,1,2,3,4)/q2*+3;;;;;;/p-6. The maximum atomic E-state index is 8.74. The quantitative estimate of drug-likeness (QED) is 0.0975. The summed E-state index contributed by atoms with van der Waals surface area (Å²) in [7, 11) is -29.5. The van der Waals surface area contributed by atoms with E-state index in [1.54, 1.807) is 0 Å². The molecule has 0 saturated heterocycles. The van der Waals surface area contributed by atoms with Crippen molar-refractivity contribution in [1.82, 2.24) is 0 Å². The minimum atomic E-state index is -5.17. The van der Waals surface area contributed by atoms with E-state index in [9.17, 15) is 0 Å². The van der Waals surface area contributed by atoms with Crippen LogP contribution in [0.3, 0.4) is 0 Å². The Bertz CT molecular complexity index is 764. The van der Waals surface area contributed by atoms with Crippen LogP contribution in [-0.4, -0.2) is 105 Å². The van der Waals surface area contributed by atoms with Gasteiger partial charge in [-0.15, -0.1) is 0 Å². The van der Waals surface area contributed by atoms with Gasteiger partial charge in [0.2, 0.25) is 0 Å². The van der Waals surface area contributed by atoms with Gasteiger partial charge in [0.1, 0.15) is 0 Å². The van der Waals surface area contributed by atoms with Crippen molar-refractivity contribution in [1.29, 1.82) is 0 Å². The summed E-state index contributed by atoms with van der Waals surface area (Å²) in [5.74, 6) is 0. The second-order valence-electron chi connectivity index (χ2n) is 2.57. The third-order valence-corrected chi connectivity index (χ3v) is 0. The molecule has 0 saturated carbocycles. The van der Waals surface area contributed by atoms with Gasteiger partial charge in [0.05, 0.1) is 0 Å². The zero-order valence-electron chi connectivity index (χ0n) is 13.5. The van der Waals surface area contributed by atoms with Gasteiger partial charge in [-0.2, -0.15) is 25.3 Å². The first-order chi connectivity index (χ1) is 12.0. The van der Waals surface area contributed by atoms with Crippen LogP contribution in [0.1, 0.15) is 0 Å². The fourth-order valence-corrected chi connectivity index (χ4v) is 0. The molecule has 32 heavy (non-hydrogen) atoms. The molecule has 0 unspecified atom stereocenters. The topological polar surface area (TPSA) is 465 Å². The molecule has 0 aliphatic heterocycles. The molecule has 0 aromatic carbocycles. The minimum absolute atomic E-state index is 0. The largest absolute Gasteiger partial charge is 3.00 e. The summed E-state index contributed by atoms with van der Waals surface area (Å²) in [6.07, 6.45) is 0. The van der Waals surface area contributed by atoms with Gasteiger partial charge in [-0.1, -0.05) is 0 Å². The first-order valence-corrected chi connectivity index (χ1v) is 12.3. The Morgan fingerprint density at radius 3 is 0.312 bits per heavy atom. The molecule has 24 nitrogen and oxygen atoms in total. The van der Waals surface area contributed by atoms with Gasteiger partial charge in [-0.25, -0.2) is 0 Å². The predicted molar refractivity (Wildman–Crippen MR) is 74.0 cm³/mol. The third-order valence-electron chi connectivity index (χ3n) is 0. The molecule has 0 aromatic rings. The summed E-state index contributed by atoms with van der Waals surface area (Å²) in [4.78, 5) is 0. The fraction of sp³-hybridized carbons (Fsp3) is 0. The van der Waals surface area contributed by atoms with Crippen molar-refractivity contribution in [3.8, 4) is 0 Å². The van der Waals surface area contributed by atoms with Gasteiger partial charge in [0.25, 0.3) is 0 Å². The van der Waals surface area contributed by atoms with Crippen molar-refractivity contribution in [2.75, 3.05) is 0 Å². The van der Waals surface area contributed by atoms with Crippen LogP contribution in [-0.2, 0) is 62.4 Å². The van der Waals surface area contributed by atoms with Gasteiger partial charge < -0.3 is 27.3 Å². The van der Waals surface area contributed by atoms with E-state index in [1.807, 2.05) is 0 Å². The van der Waals surface area contributed by atoms with E-state index in [1.165, 1.54) is 0 Å². The summed E-state index contributed by atoms with van der Waals surface area (Å²) in [6.45, 7) is 0. The summed E-state index contributed by atoms with van der Waals surface area (Å²) < 4.78 is 197. The van der Waals surface area contributed by atoms with Crippen LogP contribution in [0.25, 0.3) is 0 Å². The van der Waals surface area contributed by atoms with Crippen molar-refractivity contribution in [3.63, 3.8) is 0 Å². The molecule has 0 heterocycles. The van der Waals surface area contributed by atoms with E-state index in [0.717, 1.165) is 0 Å². The number of hydrogen-bond acceptors (Lipinski definition) is 18. The van der Waals surface area contributed by atoms with Crippen molar-refractivity contribution >= 4 is 62.4 Å². The van der Waals surface area contributed by atoms with Gasteiger partial charge in [-0.05, 0) is 0 Å². The number of hydrogen-bond donors (Lipinski definition) is 6. The van der Waals surface area contributed by atoms with Crippen LogP contribution in [0.2, 0.25) is 0 Å². The van der Waals surface area contributed by atoms with Crippen LogP contribution in [0, 0.1) is 83.5 Å². The van der Waals surface area contributed by atoms with Gasteiger partial charge in [0.15, 0.2) is 0 Å². The predicted octanol–water partition coefficient (Wildman–Crippen LogP) is -5.97. The average Bonchev–Trinajstić information content (AvgIpc) is 1.94. The Hall–Kier alpha value is 1.97. The molecule has 0 bridgehead atoms. The molecule has 0 aliphatic rings. The molecule has 0 amide bonds. The van der Waals surface area contributed by atoms with Crippen LogP contribution < -0.4 is 0 Å². The SMILES string of the molecule is O=S(=O)(O)O.O=S(=O)(O)O.O=S(=O)(O)O.O=S(=O)([O-])[O-].O=S(=O)([O-])[O-].O=S(=O)([O-])[O-].[Ce+3].[Ce+3]. The Morgan fingerprint density at radius 2 is 0.312 bits per heavy atom. The van der Waals surface area contributed by atoms with Crippen LogP contribution in [0.5, 0.6) is 0 Å². The molecule has 0 spiro atoms. The zero-order chi connectivity index (χ0) is 27.0. The summed E-state index contributed by atoms with van der Waals surface area (Å²) in [5.41, 5.74) is 0. The van der Waals surface area contributed by atoms with E-state index in [0.29, 0.717) is 0 Å². The smallest absolute Gasteiger partial charge is 0.759 e. The minimum Gasteiger partial charge on any atom is -0.759 e. The van der Waals surface area contributed by atoms with Crippen molar-refractivity contribution < 1.29 is 189 Å². The number of rotatable bonds is 0. The van der Waals surface area contributed by atoms with E-state index < -0.39 is 62.4 Å². The maximum Gasteiger partial charge on any atom is 3.00 e. The molecule has 0 atom stereocenters.